The largest absolute Gasteiger partial charge is 0.463 e. The quantitative estimate of drug-likeness (QED) is 0.443. The lowest BCUT2D eigenvalue weighted by Crippen LogP contribution is -2.30. The van der Waals surface area contributed by atoms with E-state index in [9.17, 15) is 14.7 Å². The lowest BCUT2D eigenvalue weighted by atomic mass is 9.95. The molecule has 3 aromatic rings. The number of aromatic nitrogens is 3. The Morgan fingerprint density at radius 1 is 1.17 bits per heavy atom. The molecular weight excluding hydrogens is 446 g/mol. The Bertz CT molecular complexity index is 1220. The predicted octanol–water partition coefficient (Wildman–Crippen LogP) is 3.63. The summed E-state index contributed by atoms with van der Waals surface area (Å²) < 4.78 is 14.5. The third-order valence-corrected chi connectivity index (χ3v) is 6.26. The van der Waals surface area contributed by atoms with Crippen molar-refractivity contribution < 1.29 is 19.4 Å². The fourth-order valence-corrected chi connectivity index (χ4v) is 4.27. The van der Waals surface area contributed by atoms with Gasteiger partial charge in [0.05, 0.1) is 41.8 Å². The zero-order chi connectivity index (χ0) is 25.9. The second kappa shape index (κ2) is 11.2. The molecule has 3 rings (SSSR count). The van der Waals surface area contributed by atoms with Crippen molar-refractivity contribution in [2.24, 2.45) is 13.0 Å². The van der Waals surface area contributed by atoms with Crippen molar-refractivity contribution in [3.05, 3.63) is 51.9 Å². The number of rotatable bonds is 10. The number of hydrogen-bond donors (Lipinski definition) is 1. The number of fused-ring (bicyclic) bond motifs is 1. The molecule has 0 aliphatic heterocycles. The van der Waals surface area contributed by atoms with Crippen LogP contribution in [0.15, 0.2) is 35.3 Å². The molecule has 1 N–H and O–H groups in total. The van der Waals surface area contributed by atoms with Crippen LogP contribution in [0.3, 0.4) is 0 Å². The Hall–Kier alpha value is -2.97. The summed E-state index contributed by atoms with van der Waals surface area (Å²) in [6.07, 6.45) is 1.84. The minimum Gasteiger partial charge on any atom is -0.463 e. The molecule has 0 radical (unpaired) electrons. The van der Waals surface area contributed by atoms with E-state index in [0.29, 0.717) is 24.9 Å². The zero-order valence-electron chi connectivity index (χ0n) is 21.7. The molecule has 8 heteroatoms. The number of pyridine rings is 1. The van der Waals surface area contributed by atoms with Crippen molar-refractivity contribution in [1.82, 2.24) is 14.1 Å². The van der Waals surface area contributed by atoms with Crippen LogP contribution in [-0.4, -0.2) is 50.6 Å². The number of ether oxygens (including phenoxy) is 2. The van der Waals surface area contributed by atoms with Crippen LogP contribution in [0.25, 0.3) is 22.4 Å². The first-order chi connectivity index (χ1) is 16.5. The number of aliphatic hydroxyl groups is 1. The smallest absolute Gasteiger partial charge is 0.311 e. The van der Waals surface area contributed by atoms with Crippen LogP contribution in [-0.2, 0) is 34.3 Å². The topological polar surface area (TPSA) is 95.6 Å². The molecule has 2 heterocycles. The summed E-state index contributed by atoms with van der Waals surface area (Å²) in [5.41, 5.74) is 4.29. The molecule has 1 aromatic carbocycles. The third-order valence-electron chi connectivity index (χ3n) is 6.26. The van der Waals surface area contributed by atoms with E-state index in [2.05, 4.69) is 4.57 Å². The van der Waals surface area contributed by atoms with Crippen LogP contribution in [0.1, 0.15) is 45.2 Å². The number of esters is 1. The minimum atomic E-state index is -0.792. The predicted molar refractivity (Wildman–Crippen MR) is 136 cm³/mol. The summed E-state index contributed by atoms with van der Waals surface area (Å²) in [6.45, 7) is 9.63. The van der Waals surface area contributed by atoms with Crippen molar-refractivity contribution in [2.45, 2.75) is 72.3 Å². The first kappa shape index (κ1) is 26.6. The number of hydrogen-bond acceptors (Lipinski definition) is 6. The number of benzene rings is 1. The first-order valence-corrected chi connectivity index (χ1v) is 12.1. The Morgan fingerprint density at radius 2 is 1.89 bits per heavy atom. The second-order valence-corrected chi connectivity index (χ2v) is 9.61. The average Bonchev–Trinajstić information content (AvgIpc) is 3.13. The molecule has 0 saturated heterocycles. The molecule has 8 nitrogen and oxygen atoms in total. The van der Waals surface area contributed by atoms with Crippen LogP contribution < -0.4 is 5.56 Å². The van der Waals surface area contributed by atoms with Gasteiger partial charge in [-0.15, -0.1) is 0 Å². The molecule has 0 unspecified atom stereocenters. The van der Waals surface area contributed by atoms with E-state index in [1.54, 1.807) is 52.6 Å². The van der Waals surface area contributed by atoms with Gasteiger partial charge in [-0.3, -0.25) is 9.59 Å². The van der Waals surface area contributed by atoms with E-state index in [1.165, 1.54) is 0 Å². The molecule has 3 atom stereocenters. The number of methoxy groups -OCH3 is 1. The Kier molecular flexibility index (Phi) is 8.51. The van der Waals surface area contributed by atoms with Crippen molar-refractivity contribution in [1.29, 1.82) is 0 Å². The summed E-state index contributed by atoms with van der Waals surface area (Å²) >= 11 is 0. The van der Waals surface area contributed by atoms with Gasteiger partial charge in [-0.1, -0.05) is 6.07 Å². The molecule has 190 valence electrons. The molecule has 35 heavy (non-hydrogen) atoms. The lowest BCUT2D eigenvalue weighted by molar-refractivity contribution is -0.156. The van der Waals surface area contributed by atoms with E-state index >= 15 is 0 Å². The maximum absolute atomic E-state index is 12.4. The highest BCUT2D eigenvalue weighted by Gasteiger charge is 2.26. The van der Waals surface area contributed by atoms with Gasteiger partial charge in [0.1, 0.15) is 5.82 Å². The number of aryl methyl sites for hydroxylation is 3. The van der Waals surface area contributed by atoms with Crippen molar-refractivity contribution in [3.8, 4) is 11.4 Å². The van der Waals surface area contributed by atoms with Gasteiger partial charge in [0.25, 0.3) is 5.56 Å². The number of carbonyl (C=O) groups excluding carboxylic acids is 1. The van der Waals surface area contributed by atoms with E-state index in [-0.39, 0.29) is 23.7 Å². The standard InChI is InChI=1S/C27H37N3O5/c1-16(2)35-27(33)22(19(5)31)10-8-20-9-11-24-23(13-20)28-25(30(24)14-18(4)34-7)21-12-17(3)26(32)29(6)15-21/h9,11-13,15-16,18-19,22,31H,8,10,14H2,1-7H3/t18-,19-,22+/m1/s1. The zero-order valence-corrected chi connectivity index (χ0v) is 21.7. The molecule has 0 saturated carbocycles. The van der Waals surface area contributed by atoms with Crippen LogP contribution in [0.5, 0.6) is 0 Å². The lowest BCUT2D eigenvalue weighted by Gasteiger charge is -2.20. The maximum Gasteiger partial charge on any atom is 0.311 e. The van der Waals surface area contributed by atoms with E-state index < -0.39 is 12.0 Å². The van der Waals surface area contributed by atoms with Gasteiger partial charge in [0.15, 0.2) is 0 Å². The summed E-state index contributed by atoms with van der Waals surface area (Å²) in [5, 5.41) is 10.1. The molecule has 0 fully saturated rings. The van der Waals surface area contributed by atoms with Gasteiger partial charge in [-0.05, 0) is 71.2 Å². The van der Waals surface area contributed by atoms with Gasteiger partial charge < -0.3 is 23.7 Å². The normalized spacial score (nSPS) is 14.3. The Labute approximate surface area is 206 Å². The first-order valence-electron chi connectivity index (χ1n) is 12.1. The minimum absolute atomic E-state index is 0.0294. The molecule has 2 aromatic heterocycles. The highest BCUT2D eigenvalue weighted by atomic mass is 16.5. The van der Waals surface area contributed by atoms with Gasteiger partial charge in [-0.2, -0.15) is 0 Å². The van der Waals surface area contributed by atoms with Gasteiger partial charge >= 0.3 is 5.97 Å². The van der Waals surface area contributed by atoms with Gasteiger partial charge in [-0.25, -0.2) is 4.98 Å². The molecule has 0 bridgehead atoms. The van der Waals surface area contributed by atoms with E-state index in [4.69, 9.17) is 14.5 Å². The summed E-state index contributed by atoms with van der Waals surface area (Å²) in [6, 6.07) is 7.95. The van der Waals surface area contributed by atoms with Crippen LogP contribution >= 0.6 is 0 Å². The van der Waals surface area contributed by atoms with Crippen LogP contribution in [0, 0.1) is 12.8 Å². The highest BCUT2D eigenvalue weighted by Crippen LogP contribution is 2.27. The maximum atomic E-state index is 12.4. The summed E-state index contributed by atoms with van der Waals surface area (Å²) in [7, 11) is 3.42. The van der Waals surface area contributed by atoms with Crippen molar-refractivity contribution in [3.63, 3.8) is 0 Å². The second-order valence-electron chi connectivity index (χ2n) is 9.61. The van der Waals surface area contributed by atoms with Crippen LogP contribution in [0.2, 0.25) is 0 Å². The average molecular weight is 484 g/mol. The van der Waals surface area contributed by atoms with E-state index in [1.807, 2.05) is 31.2 Å². The molecule has 0 amide bonds. The Balaban J connectivity index is 1.98. The Morgan fingerprint density at radius 3 is 2.49 bits per heavy atom. The number of nitrogens with zero attached hydrogens (tertiary/aromatic N) is 3. The van der Waals surface area contributed by atoms with Crippen molar-refractivity contribution in [2.75, 3.05) is 7.11 Å². The highest BCUT2D eigenvalue weighted by molar-refractivity contribution is 5.81. The monoisotopic (exact) mass is 483 g/mol. The SMILES string of the molecule is CO[C@H](C)Cn1c(-c2cc(C)c(=O)n(C)c2)nc2cc(CC[C@H](C(=O)OC(C)C)[C@@H](C)O)ccc21. The van der Waals surface area contributed by atoms with Gasteiger partial charge in [0, 0.05) is 31.5 Å². The number of carbonyl (C=O) groups is 1. The van der Waals surface area contributed by atoms with Crippen LogP contribution in [0.4, 0.5) is 0 Å². The summed E-state index contributed by atoms with van der Waals surface area (Å²) in [4.78, 5) is 29.6. The molecule has 0 spiro atoms. The fourth-order valence-electron chi connectivity index (χ4n) is 4.27. The van der Waals surface area contributed by atoms with Gasteiger partial charge in [0.2, 0.25) is 0 Å². The third kappa shape index (κ3) is 6.18. The van der Waals surface area contributed by atoms with E-state index in [0.717, 1.165) is 28.0 Å². The molecular formula is C27H37N3O5. The summed E-state index contributed by atoms with van der Waals surface area (Å²) in [5.74, 6) is -0.194. The number of imidazole rings is 1. The fraction of sp³-hybridized carbons (Fsp3) is 0.519. The molecule has 0 aliphatic rings. The van der Waals surface area contributed by atoms with Crippen molar-refractivity contribution >= 4 is 17.0 Å². The molecule has 0 aliphatic carbocycles. The number of aliphatic hydroxyl groups excluding tert-OH is 1.